The lowest BCUT2D eigenvalue weighted by Gasteiger charge is -2.33. The number of hydrogen-bond acceptors (Lipinski definition) is 8. The molecule has 37 heavy (non-hydrogen) atoms. The monoisotopic (exact) mass is 511 g/mol. The maximum atomic E-state index is 13.2. The largest absolute Gasteiger partial charge is 0.373 e. The summed E-state index contributed by atoms with van der Waals surface area (Å²) >= 11 is 1.41. The Morgan fingerprint density at radius 1 is 1.19 bits per heavy atom. The maximum absolute atomic E-state index is 13.2. The second-order valence-electron chi connectivity index (χ2n) is 9.37. The van der Waals surface area contributed by atoms with Crippen LogP contribution in [0.25, 0.3) is 32.6 Å². The number of benzene rings is 2. The van der Waals surface area contributed by atoms with Gasteiger partial charge in [0, 0.05) is 29.7 Å². The van der Waals surface area contributed by atoms with Crippen LogP contribution in [0.1, 0.15) is 11.3 Å². The third kappa shape index (κ3) is 4.42. The molecule has 2 atom stereocenters. The zero-order valence-corrected chi connectivity index (χ0v) is 21.3. The highest BCUT2D eigenvalue weighted by Gasteiger charge is 2.40. The number of carbonyl (C=O) groups excluding carboxylic acids is 1. The van der Waals surface area contributed by atoms with Crippen LogP contribution in [0.4, 0.5) is 9.93 Å². The SMILES string of the molecule is Cc1ncnc2ccc(-c3sc(NC(=O)N4CC5OCCN(C)C5C4)nc3-c3cccc(C#N)c3)cc12. The number of aryl methyl sites for hydroxylation is 1. The summed E-state index contributed by atoms with van der Waals surface area (Å²) in [6.07, 6.45) is 1.59. The van der Waals surface area contributed by atoms with Crippen molar-refractivity contribution in [1.82, 2.24) is 24.8 Å². The number of rotatable bonds is 3. The number of ether oxygens (including phenoxy) is 1. The Bertz CT molecular complexity index is 1550. The van der Waals surface area contributed by atoms with Gasteiger partial charge in [0.2, 0.25) is 0 Å². The number of likely N-dealkylation sites (tertiary alicyclic amines) is 1. The normalized spacial score (nSPS) is 19.5. The molecule has 2 fully saturated rings. The van der Waals surface area contributed by atoms with E-state index in [-0.39, 0.29) is 18.2 Å². The van der Waals surface area contributed by atoms with Crippen molar-refractivity contribution in [3.8, 4) is 27.8 Å². The van der Waals surface area contributed by atoms with Crippen molar-refractivity contribution in [2.24, 2.45) is 0 Å². The van der Waals surface area contributed by atoms with E-state index in [4.69, 9.17) is 9.72 Å². The van der Waals surface area contributed by atoms with Crippen LogP contribution in [0.3, 0.4) is 0 Å². The number of thiazole rings is 1. The smallest absolute Gasteiger partial charge is 0.323 e. The number of aromatic nitrogens is 3. The number of hydrogen-bond donors (Lipinski definition) is 1. The Morgan fingerprint density at radius 2 is 2.08 bits per heavy atom. The van der Waals surface area contributed by atoms with E-state index in [0.29, 0.717) is 36.1 Å². The minimum atomic E-state index is -0.188. The molecule has 2 aliphatic heterocycles. The summed E-state index contributed by atoms with van der Waals surface area (Å²) in [5.74, 6) is 0. The molecule has 0 radical (unpaired) electrons. The zero-order valence-electron chi connectivity index (χ0n) is 20.5. The standard InChI is InChI=1S/C27H25N7O2S/c1-16-20-11-19(6-7-21(20)30-15-29-16)25-24(18-5-3-4-17(10-18)12-28)31-26(37-25)32-27(35)34-13-22-23(14-34)36-9-8-33(22)2/h3-7,10-11,15,22-23H,8-9,13-14H2,1-2H3,(H,31,32,35). The van der Waals surface area contributed by atoms with E-state index in [0.717, 1.165) is 39.1 Å². The molecule has 4 aromatic rings. The van der Waals surface area contributed by atoms with Gasteiger partial charge in [0.05, 0.1) is 53.0 Å². The van der Waals surface area contributed by atoms with Crippen molar-refractivity contribution in [2.75, 3.05) is 38.6 Å². The van der Waals surface area contributed by atoms with Gasteiger partial charge < -0.3 is 9.64 Å². The van der Waals surface area contributed by atoms with Crippen LogP contribution in [0.5, 0.6) is 0 Å². The fourth-order valence-corrected chi connectivity index (χ4v) is 6.00. The molecule has 0 spiro atoms. The number of nitriles is 1. The van der Waals surface area contributed by atoms with Crippen molar-refractivity contribution in [1.29, 1.82) is 5.26 Å². The highest BCUT2D eigenvalue weighted by atomic mass is 32.1. The molecule has 2 aromatic heterocycles. The zero-order chi connectivity index (χ0) is 25.5. The molecule has 2 unspecified atom stereocenters. The number of carbonyl (C=O) groups is 1. The fourth-order valence-electron chi connectivity index (χ4n) is 5.02. The molecule has 1 N–H and O–H groups in total. The molecule has 2 saturated heterocycles. The highest BCUT2D eigenvalue weighted by molar-refractivity contribution is 7.19. The number of morpholine rings is 1. The number of urea groups is 1. The summed E-state index contributed by atoms with van der Waals surface area (Å²) in [5.41, 5.74) is 4.78. The number of likely N-dealkylation sites (N-methyl/N-ethyl adjacent to an activating group) is 1. The maximum Gasteiger partial charge on any atom is 0.323 e. The van der Waals surface area contributed by atoms with Gasteiger partial charge in [-0.25, -0.2) is 19.7 Å². The Labute approximate surface area is 218 Å². The first-order valence-electron chi connectivity index (χ1n) is 12.1. The lowest BCUT2D eigenvalue weighted by Crippen LogP contribution is -2.48. The molecule has 0 bridgehead atoms. The van der Waals surface area contributed by atoms with Gasteiger partial charge in [0.15, 0.2) is 5.13 Å². The lowest BCUT2D eigenvalue weighted by atomic mass is 10.0. The van der Waals surface area contributed by atoms with Gasteiger partial charge in [-0.3, -0.25) is 10.2 Å². The van der Waals surface area contributed by atoms with E-state index in [1.807, 2.05) is 37.3 Å². The molecule has 10 heteroatoms. The van der Waals surface area contributed by atoms with E-state index >= 15 is 0 Å². The third-order valence-corrected chi connectivity index (χ3v) is 8.09. The van der Waals surface area contributed by atoms with Crippen molar-refractivity contribution in [3.05, 3.63) is 60.0 Å². The predicted octanol–water partition coefficient (Wildman–Crippen LogP) is 4.15. The van der Waals surface area contributed by atoms with Gasteiger partial charge >= 0.3 is 6.03 Å². The molecule has 0 aliphatic carbocycles. The molecule has 2 aromatic carbocycles. The second kappa shape index (κ2) is 9.52. The molecule has 6 rings (SSSR count). The van der Waals surface area contributed by atoms with E-state index < -0.39 is 0 Å². The number of amides is 2. The molecule has 186 valence electrons. The number of fused-ring (bicyclic) bond motifs is 2. The first kappa shape index (κ1) is 23.5. The quantitative estimate of drug-likeness (QED) is 0.440. The van der Waals surface area contributed by atoms with E-state index in [9.17, 15) is 10.1 Å². The molecule has 2 aliphatic rings. The van der Waals surface area contributed by atoms with Crippen LogP contribution in [0.2, 0.25) is 0 Å². The van der Waals surface area contributed by atoms with E-state index in [1.165, 1.54) is 11.3 Å². The second-order valence-corrected chi connectivity index (χ2v) is 10.4. The van der Waals surface area contributed by atoms with Crippen molar-refractivity contribution in [3.63, 3.8) is 0 Å². The van der Waals surface area contributed by atoms with E-state index in [2.05, 4.69) is 39.4 Å². The summed E-state index contributed by atoms with van der Waals surface area (Å²) in [7, 11) is 2.08. The number of nitrogens with zero attached hydrogens (tertiary/aromatic N) is 6. The van der Waals surface area contributed by atoms with Crippen LogP contribution in [0.15, 0.2) is 48.8 Å². The lowest BCUT2D eigenvalue weighted by molar-refractivity contribution is -0.0367. The third-order valence-electron chi connectivity index (χ3n) is 7.07. The summed E-state index contributed by atoms with van der Waals surface area (Å²) in [6, 6.07) is 15.6. The number of anilines is 1. The van der Waals surface area contributed by atoms with Crippen LogP contribution in [0, 0.1) is 18.3 Å². The molecule has 2 amide bonds. The molecule has 4 heterocycles. The van der Waals surface area contributed by atoms with Gasteiger partial charge in [0.25, 0.3) is 0 Å². The number of nitrogens with one attached hydrogen (secondary N) is 1. The summed E-state index contributed by atoms with van der Waals surface area (Å²) in [5, 5.41) is 13.9. The Balaban J connectivity index is 1.36. The van der Waals surface area contributed by atoms with Gasteiger partial charge in [-0.15, -0.1) is 0 Å². The Kier molecular flexibility index (Phi) is 6.04. The van der Waals surface area contributed by atoms with Crippen LogP contribution < -0.4 is 5.32 Å². The Morgan fingerprint density at radius 3 is 2.92 bits per heavy atom. The summed E-state index contributed by atoms with van der Waals surface area (Å²) in [4.78, 5) is 31.7. The predicted molar refractivity (Wildman–Crippen MR) is 142 cm³/mol. The van der Waals surface area contributed by atoms with E-state index in [1.54, 1.807) is 17.3 Å². The highest BCUT2D eigenvalue weighted by Crippen LogP contribution is 2.40. The minimum absolute atomic E-state index is 0.0312. The van der Waals surface area contributed by atoms with Crippen LogP contribution >= 0.6 is 11.3 Å². The first-order chi connectivity index (χ1) is 18.0. The Hall–Kier alpha value is -3.91. The van der Waals surface area contributed by atoms with Crippen LogP contribution in [-0.2, 0) is 4.74 Å². The average molecular weight is 512 g/mol. The van der Waals surface area contributed by atoms with Gasteiger partial charge in [-0.05, 0) is 43.8 Å². The van der Waals surface area contributed by atoms with Crippen LogP contribution in [-0.4, -0.2) is 76.2 Å². The van der Waals surface area contributed by atoms with Crippen molar-refractivity contribution in [2.45, 2.75) is 19.1 Å². The summed E-state index contributed by atoms with van der Waals surface area (Å²) in [6.45, 7) is 4.68. The summed E-state index contributed by atoms with van der Waals surface area (Å²) < 4.78 is 5.90. The topological polar surface area (TPSA) is 107 Å². The molecule has 0 saturated carbocycles. The fraction of sp³-hybridized carbons (Fsp3) is 0.296. The van der Waals surface area contributed by atoms with Gasteiger partial charge in [-0.1, -0.05) is 29.5 Å². The average Bonchev–Trinajstić information content (AvgIpc) is 3.54. The first-order valence-corrected chi connectivity index (χ1v) is 12.9. The molecular formula is C27H25N7O2S. The van der Waals surface area contributed by atoms with Crippen molar-refractivity contribution >= 4 is 33.4 Å². The van der Waals surface area contributed by atoms with Gasteiger partial charge in [0.1, 0.15) is 6.33 Å². The van der Waals surface area contributed by atoms with Crippen molar-refractivity contribution < 1.29 is 9.53 Å². The molecular weight excluding hydrogens is 486 g/mol. The van der Waals surface area contributed by atoms with Gasteiger partial charge in [-0.2, -0.15) is 5.26 Å². The molecule has 9 nitrogen and oxygen atoms in total. The minimum Gasteiger partial charge on any atom is -0.373 e.